The number of fused-ring (bicyclic) bond motifs is 7. The fourth-order valence-electron chi connectivity index (χ4n) is 6.92. The van der Waals surface area contributed by atoms with E-state index in [0.29, 0.717) is 24.0 Å². The number of carbonyl (C=O) groups is 2. The molecule has 0 saturated carbocycles. The molecule has 6 rings (SSSR count). The number of hydrogen-bond acceptors (Lipinski definition) is 4. The number of rotatable bonds is 3. The Morgan fingerprint density at radius 3 is 3.00 bits per heavy atom. The third kappa shape index (κ3) is 3.62. The van der Waals surface area contributed by atoms with E-state index in [2.05, 4.69) is 21.2 Å². The Hall–Kier alpha value is -2.34. The van der Waals surface area contributed by atoms with E-state index < -0.39 is 0 Å². The summed E-state index contributed by atoms with van der Waals surface area (Å²) in [4.78, 5) is 29.8. The van der Waals surface area contributed by atoms with Gasteiger partial charge in [-0.25, -0.2) is 0 Å². The van der Waals surface area contributed by atoms with Crippen LogP contribution >= 0.6 is 0 Å². The summed E-state index contributed by atoms with van der Waals surface area (Å²) < 4.78 is 5.92. The summed E-state index contributed by atoms with van der Waals surface area (Å²) in [6.07, 6.45) is 11.3. The fraction of sp³-hybridized carbons (Fsp3) is 0.615. The number of carbonyl (C=O) groups excluding carboxylic acids is 2. The molecule has 0 spiro atoms. The van der Waals surface area contributed by atoms with Crippen LogP contribution in [-0.2, 0) is 16.0 Å². The largest absolute Gasteiger partial charge is 0.484 e. The van der Waals surface area contributed by atoms with Crippen LogP contribution in [0.25, 0.3) is 0 Å². The summed E-state index contributed by atoms with van der Waals surface area (Å²) in [5.74, 6) is 2.00. The van der Waals surface area contributed by atoms with Crippen LogP contribution < -0.4 is 10.1 Å². The topological polar surface area (TPSA) is 61.9 Å². The zero-order chi connectivity index (χ0) is 21.7. The molecule has 6 nitrogen and oxygen atoms in total. The second-order valence-electron chi connectivity index (χ2n) is 10.3. The SMILES string of the molecule is O=C1CCc2ccc(OCC(=O)N3CCCC4=C[C@H]5C[C@H](CN6CCCC[C@H]56)[C@H]43)cc2N1. The molecular formula is C26H33N3O3. The van der Waals surface area contributed by atoms with Gasteiger partial charge in [0.1, 0.15) is 5.75 Å². The molecule has 4 heterocycles. The van der Waals surface area contributed by atoms with E-state index >= 15 is 0 Å². The van der Waals surface area contributed by atoms with Gasteiger partial charge in [-0.1, -0.05) is 24.1 Å². The number of nitrogens with one attached hydrogen (secondary N) is 1. The van der Waals surface area contributed by atoms with Gasteiger partial charge in [-0.3, -0.25) is 14.5 Å². The first kappa shape index (κ1) is 20.3. The third-order valence-corrected chi connectivity index (χ3v) is 8.32. The minimum Gasteiger partial charge on any atom is -0.484 e. The monoisotopic (exact) mass is 435 g/mol. The summed E-state index contributed by atoms with van der Waals surface area (Å²) in [5, 5.41) is 2.91. The van der Waals surface area contributed by atoms with Crippen molar-refractivity contribution in [3.8, 4) is 5.75 Å². The molecule has 3 saturated heterocycles. The van der Waals surface area contributed by atoms with Crippen LogP contribution in [-0.4, -0.2) is 59.9 Å². The molecule has 5 aliphatic rings. The number of amides is 2. The molecule has 1 aromatic rings. The van der Waals surface area contributed by atoms with Gasteiger partial charge in [0.25, 0.3) is 5.91 Å². The lowest BCUT2D eigenvalue weighted by molar-refractivity contribution is -0.138. The number of aryl methyl sites for hydroxylation is 1. The van der Waals surface area contributed by atoms with Gasteiger partial charge in [0.15, 0.2) is 6.61 Å². The van der Waals surface area contributed by atoms with Crippen molar-refractivity contribution < 1.29 is 14.3 Å². The number of benzene rings is 1. The van der Waals surface area contributed by atoms with Gasteiger partial charge in [0.2, 0.25) is 5.91 Å². The molecule has 3 fully saturated rings. The van der Waals surface area contributed by atoms with Crippen LogP contribution in [0.15, 0.2) is 29.8 Å². The van der Waals surface area contributed by atoms with Crippen molar-refractivity contribution in [1.29, 1.82) is 0 Å². The van der Waals surface area contributed by atoms with Crippen LogP contribution in [0.5, 0.6) is 5.75 Å². The van der Waals surface area contributed by atoms with Crippen molar-refractivity contribution in [3.05, 3.63) is 35.4 Å². The third-order valence-electron chi connectivity index (χ3n) is 8.32. The van der Waals surface area contributed by atoms with Gasteiger partial charge in [-0.05, 0) is 68.5 Å². The van der Waals surface area contributed by atoms with Crippen LogP contribution in [0, 0.1) is 11.8 Å². The molecular weight excluding hydrogens is 402 g/mol. The van der Waals surface area contributed by atoms with Crippen molar-refractivity contribution in [2.75, 3.05) is 31.6 Å². The molecule has 2 amide bonds. The highest BCUT2D eigenvalue weighted by molar-refractivity contribution is 5.94. The Morgan fingerprint density at radius 2 is 2.06 bits per heavy atom. The summed E-state index contributed by atoms with van der Waals surface area (Å²) in [6.45, 7) is 3.24. The van der Waals surface area contributed by atoms with E-state index in [-0.39, 0.29) is 24.5 Å². The number of ether oxygens (including phenoxy) is 1. The van der Waals surface area contributed by atoms with Crippen LogP contribution in [0.3, 0.4) is 0 Å². The average molecular weight is 436 g/mol. The first-order valence-electron chi connectivity index (χ1n) is 12.5. The van der Waals surface area contributed by atoms with Crippen molar-refractivity contribution in [2.24, 2.45) is 11.8 Å². The predicted molar refractivity (Wildman–Crippen MR) is 123 cm³/mol. The predicted octanol–water partition coefficient (Wildman–Crippen LogP) is 3.37. The first-order valence-corrected chi connectivity index (χ1v) is 12.5. The molecule has 1 aromatic carbocycles. The maximum atomic E-state index is 13.3. The minimum atomic E-state index is 0.0392. The Balaban J connectivity index is 1.16. The molecule has 0 aromatic heterocycles. The second kappa shape index (κ2) is 8.22. The lowest BCUT2D eigenvalue weighted by Gasteiger charge is -2.54. The van der Waals surface area contributed by atoms with E-state index in [9.17, 15) is 9.59 Å². The summed E-state index contributed by atoms with van der Waals surface area (Å²) in [5.41, 5.74) is 3.44. The molecule has 1 aliphatic carbocycles. The Morgan fingerprint density at radius 1 is 1.12 bits per heavy atom. The normalized spacial score (nSPS) is 31.6. The molecule has 170 valence electrons. The lowest BCUT2D eigenvalue weighted by atomic mass is 9.68. The van der Waals surface area contributed by atoms with E-state index in [1.54, 1.807) is 0 Å². The number of nitrogens with zero attached hydrogens (tertiary/aromatic N) is 2. The van der Waals surface area contributed by atoms with Gasteiger partial charge in [-0.2, -0.15) is 0 Å². The first-order chi connectivity index (χ1) is 15.7. The summed E-state index contributed by atoms with van der Waals surface area (Å²) in [7, 11) is 0. The molecule has 0 radical (unpaired) electrons. The number of hydrogen-bond donors (Lipinski definition) is 1. The lowest BCUT2D eigenvalue weighted by Crippen LogP contribution is -2.60. The fourth-order valence-corrected chi connectivity index (χ4v) is 6.92. The Bertz CT molecular complexity index is 958. The highest BCUT2D eigenvalue weighted by Gasteiger charge is 2.46. The van der Waals surface area contributed by atoms with E-state index in [1.807, 2.05) is 18.2 Å². The molecule has 4 aliphatic heterocycles. The van der Waals surface area contributed by atoms with Gasteiger partial charge < -0.3 is 15.0 Å². The summed E-state index contributed by atoms with van der Waals surface area (Å²) in [6, 6.07) is 6.74. The van der Waals surface area contributed by atoms with E-state index in [0.717, 1.165) is 49.6 Å². The van der Waals surface area contributed by atoms with E-state index in [1.165, 1.54) is 37.8 Å². The van der Waals surface area contributed by atoms with Crippen molar-refractivity contribution in [1.82, 2.24) is 9.80 Å². The molecule has 32 heavy (non-hydrogen) atoms. The molecule has 0 unspecified atom stereocenters. The van der Waals surface area contributed by atoms with Gasteiger partial charge >= 0.3 is 0 Å². The molecule has 2 bridgehead atoms. The molecule has 6 heteroatoms. The zero-order valence-electron chi connectivity index (χ0n) is 18.7. The van der Waals surface area contributed by atoms with Gasteiger partial charge in [0.05, 0.1) is 6.04 Å². The zero-order valence-corrected chi connectivity index (χ0v) is 18.7. The number of likely N-dealkylation sites (tertiary alicyclic amines) is 1. The maximum absolute atomic E-state index is 13.3. The molecule has 1 N–H and O–H groups in total. The smallest absolute Gasteiger partial charge is 0.261 e. The Labute approximate surface area is 190 Å². The summed E-state index contributed by atoms with van der Waals surface area (Å²) >= 11 is 0. The highest BCUT2D eigenvalue weighted by atomic mass is 16.5. The minimum absolute atomic E-state index is 0.0392. The molecule has 4 atom stereocenters. The van der Waals surface area contributed by atoms with Gasteiger partial charge in [-0.15, -0.1) is 0 Å². The second-order valence-corrected chi connectivity index (χ2v) is 10.3. The standard InChI is InChI=1S/C26H33N3O3/c30-24-9-7-17-6-8-21(14-22(17)27-24)32-16-25(31)29-11-3-4-18-12-19-13-20(26(18)29)15-28-10-2-1-5-23(19)28/h6,8,12,14,19-20,23,26H,1-5,7,9-11,13,15-16H2,(H,27,30)/t19-,20+,23+,26-/m0/s1. The van der Waals surface area contributed by atoms with Crippen molar-refractivity contribution in [3.63, 3.8) is 0 Å². The van der Waals surface area contributed by atoms with Crippen molar-refractivity contribution in [2.45, 2.75) is 63.5 Å². The van der Waals surface area contributed by atoms with Crippen molar-refractivity contribution >= 4 is 17.5 Å². The van der Waals surface area contributed by atoms with Crippen LogP contribution in [0.4, 0.5) is 5.69 Å². The van der Waals surface area contributed by atoms with Crippen LogP contribution in [0.2, 0.25) is 0 Å². The van der Waals surface area contributed by atoms with E-state index in [4.69, 9.17) is 4.74 Å². The Kier molecular flexibility index (Phi) is 5.21. The highest BCUT2D eigenvalue weighted by Crippen LogP contribution is 2.45. The maximum Gasteiger partial charge on any atom is 0.261 e. The quantitative estimate of drug-likeness (QED) is 0.740. The average Bonchev–Trinajstić information content (AvgIpc) is 2.82. The van der Waals surface area contributed by atoms with Crippen LogP contribution in [0.1, 0.15) is 50.5 Å². The number of anilines is 1. The van der Waals surface area contributed by atoms with Gasteiger partial charge in [0, 0.05) is 37.3 Å². The number of piperidine rings is 3.